The molecule has 0 spiro atoms. The van der Waals surface area contributed by atoms with Crippen LogP contribution in [0.4, 0.5) is 0 Å². The number of thioether (sulfide) groups is 1. The fourth-order valence-electron chi connectivity index (χ4n) is 2.15. The fourth-order valence-corrected chi connectivity index (χ4v) is 3.25. The van der Waals surface area contributed by atoms with E-state index in [1.54, 1.807) is 35.0 Å². The second-order valence-electron chi connectivity index (χ2n) is 4.44. The van der Waals surface area contributed by atoms with Gasteiger partial charge in [-0.3, -0.25) is 4.79 Å². The maximum atomic E-state index is 12.4. The summed E-state index contributed by atoms with van der Waals surface area (Å²) in [5, 5.41) is 9.24. The molecular formula is C13H14BrN3OS. The van der Waals surface area contributed by atoms with Crippen LogP contribution in [0.15, 0.2) is 22.9 Å². The van der Waals surface area contributed by atoms with Crippen LogP contribution in [-0.2, 0) is 0 Å². The minimum atomic E-state index is -0.330. The molecule has 0 radical (unpaired) electrons. The zero-order chi connectivity index (χ0) is 13.9. The number of nitrogens with zero attached hydrogens (tertiary/aromatic N) is 3. The second kappa shape index (κ2) is 5.93. The molecular weight excluding hydrogens is 326 g/mol. The van der Waals surface area contributed by atoms with Gasteiger partial charge in [-0.15, -0.1) is 11.8 Å². The molecule has 0 unspecified atom stereocenters. The van der Waals surface area contributed by atoms with E-state index in [2.05, 4.69) is 27.0 Å². The molecule has 0 atom stereocenters. The van der Waals surface area contributed by atoms with Crippen molar-refractivity contribution in [3.63, 3.8) is 0 Å². The predicted octanol–water partition coefficient (Wildman–Crippen LogP) is 2.71. The summed E-state index contributed by atoms with van der Waals surface area (Å²) < 4.78 is 0.241. The van der Waals surface area contributed by atoms with Gasteiger partial charge in [-0.05, 0) is 47.2 Å². The first-order chi connectivity index (χ1) is 9.12. The van der Waals surface area contributed by atoms with Gasteiger partial charge in [-0.2, -0.15) is 5.26 Å². The number of carbonyl (C=O) groups excluding carboxylic acids is 1. The molecule has 1 aromatic rings. The minimum Gasteiger partial charge on any atom is -0.338 e. The van der Waals surface area contributed by atoms with Crippen LogP contribution in [0.5, 0.6) is 0 Å². The van der Waals surface area contributed by atoms with Crippen LogP contribution in [0, 0.1) is 11.3 Å². The van der Waals surface area contributed by atoms with Crippen molar-refractivity contribution < 1.29 is 4.79 Å². The third-order valence-electron chi connectivity index (χ3n) is 3.44. The Morgan fingerprint density at radius 2 is 2.26 bits per heavy atom. The van der Waals surface area contributed by atoms with Gasteiger partial charge in [-0.25, -0.2) is 4.98 Å². The molecule has 4 nitrogen and oxygen atoms in total. The van der Waals surface area contributed by atoms with Gasteiger partial charge in [0.25, 0.3) is 5.91 Å². The first kappa shape index (κ1) is 14.4. The van der Waals surface area contributed by atoms with Crippen LogP contribution < -0.4 is 0 Å². The highest BCUT2D eigenvalue weighted by molar-refractivity contribution is 9.10. The van der Waals surface area contributed by atoms with Gasteiger partial charge in [0, 0.05) is 19.3 Å². The fraction of sp³-hybridized carbons (Fsp3) is 0.462. The summed E-state index contributed by atoms with van der Waals surface area (Å²) in [5.41, 5.74) is 0.580. The normalized spacial score (nSPS) is 17.8. The number of carbonyl (C=O) groups is 1. The molecule has 1 fully saturated rings. The molecule has 1 amide bonds. The summed E-state index contributed by atoms with van der Waals surface area (Å²) in [5.74, 6) is -0.0207. The summed E-state index contributed by atoms with van der Waals surface area (Å²) in [6.45, 7) is 1.24. The Balaban J connectivity index is 2.09. The molecule has 1 aromatic heterocycles. The summed E-state index contributed by atoms with van der Waals surface area (Å²) in [7, 11) is 0. The Bertz CT molecular complexity index is 521. The highest BCUT2D eigenvalue weighted by atomic mass is 79.9. The SMILES string of the molecule is CSC1(C#N)CCN(C(=O)c2cccnc2Br)CC1. The van der Waals surface area contributed by atoms with Crippen LogP contribution in [-0.4, -0.2) is 39.9 Å². The molecule has 1 aliphatic rings. The van der Waals surface area contributed by atoms with Crippen molar-refractivity contribution >= 4 is 33.6 Å². The predicted molar refractivity (Wildman–Crippen MR) is 78.9 cm³/mol. The number of likely N-dealkylation sites (tertiary alicyclic amines) is 1. The van der Waals surface area contributed by atoms with Crippen LogP contribution in [0.25, 0.3) is 0 Å². The topological polar surface area (TPSA) is 57.0 Å². The van der Waals surface area contributed by atoms with Crippen molar-refractivity contribution in [3.8, 4) is 6.07 Å². The largest absolute Gasteiger partial charge is 0.338 e. The lowest BCUT2D eigenvalue weighted by molar-refractivity contribution is 0.0715. The molecule has 0 aromatic carbocycles. The molecule has 0 aliphatic carbocycles. The first-order valence-electron chi connectivity index (χ1n) is 5.98. The summed E-state index contributed by atoms with van der Waals surface area (Å²) in [6, 6.07) is 5.90. The monoisotopic (exact) mass is 339 g/mol. The zero-order valence-electron chi connectivity index (χ0n) is 10.6. The first-order valence-corrected chi connectivity index (χ1v) is 8.00. The van der Waals surface area contributed by atoms with Gasteiger partial charge in [-0.1, -0.05) is 0 Å². The zero-order valence-corrected chi connectivity index (χ0v) is 13.0. The molecule has 0 bridgehead atoms. The van der Waals surface area contributed by atoms with Crippen LogP contribution in [0.1, 0.15) is 23.2 Å². The average Bonchev–Trinajstić information content (AvgIpc) is 2.47. The molecule has 1 aliphatic heterocycles. The number of hydrogen-bond donors (Lipinski definition) is 0. The van der Waals surface area contributed by atoms with Crippen molar-refractivity contribution in [2.75, 3.05) is 19.3 Å². The van der Waals surface area contributed by atoms with Gasteiger partial charge < -0.3 is 4.90 Å². The number of piperidine rings is 1. The maximum absolute atomic E-state index is 12.4. The molecule has 100 valence electrons. The Labute approximate surface area is 125 Å². The third kappa shape index (κ3) is 2.93. The smallest absolute Gasteiger partial charge is 0.256 e. The van der Waals surface area contributed by atoms with Gasteiger partial charge in [0.1, 0.15) is 9.35 Å². The standard InChI is InChI=1S/C13H14BrN3OS/c1-19-13(9-15)4-7-17(8-5-13)12(18)10-3-2-6-16-11(10)14/h2-3,6H,4-5,7-8H2,1H3. The number of halogens is 1. The quantitative estimate of drug-likeness (QED) is 0.777. The number of aromatic nitrogens is 1. The van der Waals surface area contributed by atoms with Gasteiger partial charge in [0.2, 0.25) is 0 Å². The number of pyridine rings is 1. The highest BCUT2D eigenvalue weighted by Gasteiger charge is 2.35. The van der Waals surface area contributed by atoms with Crippen LogP contribution in [0.3, 0.4) is 0 Å². The molecule has 2 rings (SSSR count). The second-order valence-corrected chi connectivity index (χ2v) is 6.39. The highest BCUT2D eigenvalue weighted by Crippen LogP contribution is 2.34. The van der Waals surface area contributed by atoms with Crippen molar-refractivity contribution in [3.05, 3.63) is 28.5 Å². The van der Waals surface area contributed by atoms with E-state index in [4.69, 9.17) is 0 Å². The van der Waals surface area contributed by atoms with E-state index < -0.39 is 0 Å². The lowest BCUT2D eigenvalue weighted by Crippen LogP contribution is -2.44. The maximum Gasteiger partial charge on any atom is 0.256 e. The third-order valence-corrected chi connectivity index (χ3v) is 5.36. The number of rotatable bonds is 2. The van der Waals surface area contributed by atoms with Gasteiger partial charge >= 0.3 is 0 Å². The van der Waals surface area contributed by atoms with E-state index >= 15 is 0 Å². The van der Waals surface area contributed by atoms with Gasteiger partial charge in [0.15, 0.2) is 0 Å². The lowest BCUT2D eigenvalue weighted by atomic mass is 9.97. The Morgan fingerprint density at radius 1 is 1.58 bits per heavy atom. The number of hydrogen-bond acceptors (Lipinski definition) is 4. The lowest BCUT2D eigenvalue weighted by Gasteiger charge is -2.36. The summed E-state index contributed by atoms with van der Waals surface area (Å²) >= 11 is 4.88. The Kier molecular flexibility index (Phi) is 4.48. The average molecular weight is 340 g/mol. The Hall–Kier alpha value is -1.06. The minimum absolute atomic E-state index is 0.0207. The van der Waals surface area contributed by atoms with E-state index in [0.29, 0.717) is 36.1 Å². The molecule has 6 heteroatoms. The van der Waals surface area contributed by atoms with E-state index in [1.807, 2.05) is 6.26 Å². The number of nitriles is 1. The van der Waals surface area contributed by atoms with E-state index in [1.165, 1.54) is 0 Å². The van der Waals surface area contributed by atoms with Crippen molar-refractivity contribution in [2.45, 2.75) is 17.6 Å². The summed E-state index contributed by atoms with van der Waals surface area (Å²) in [6.07, 6.45) is 5.03. The van der Waals surface area contributed by atoms with E-state index in [9.17, 15) is 10.1 Å². The van der Waals surface area contributed by atoms with E-state index in [-0.39, 0.29) is 10.7 Å². The molecule has 19 heavy (non-hydrogen) atoms. The molecule has 0 saturated carbocycles. The van der Waals surface area contributed by atoms with Crippen LogP contribution >= 0.6 is 27.7 Å². The van der Waals surface area contributed by atoms with Crippen molar-refractivity contribution in [1.82, 2.24) is 9.88 Å². The molecule has 1 saturated heterocycles. The molecule has 0 N–H and O–H groups in total. The molecule has 2 heterocycles. The van der Waals surface area contributed by atoms with Crippen molar-refractivity contribution in [1.29, 1.82) is 5.26 Å². The van der Waals surface area contributed by atoms with Gasteiger partial charge in [0.05, 0.1) is 11.6 Å². The van der Waals surface area contributed by atoms with E-state index in [0.717, 1.165) is 0 Å². The Morgan fingerprint density at radius 3 is 2.79 bits per heavy atom. The van der Waals surface area contributed by atoms with Crippen LogP contribution in [0.2, 0.25) is 0 Å². The number of amides is 1. The summed E-state index contributed by atoms with van der Waals surface area (Å²) in [4.78, 5) is 18.2. The van der Waals surface area contributed by atoms with Crippen molar-refractivity contribution in [2.24, 2.45) is 0 Å².